The molecule has 0 spiro atoms. The van der Waals surface area contributed by atoms with E-state index in [0.29, 0.717) is 28.5 Å². The molecule has 0 fully saturated rings. The SMILES string of the molecule is CCOC(=O)[C@@H](OC(C)(C)C)c1c(C)cc2c(F)c(C)ccc2c1-c1ccc2c3c(ccnc13)CCO2. The van der Waals surface area contributed by atoms with Crippen molar-refractivity contribution in [2.75, 3.05) is 13.2 Å². The smallest absolute Gasteiger partial charge is 0.339 e. The molecule has 0 saturated carbocycles. The summed E-state index contributed by atoms with van der Waals surface area (Å²) in [4.78, 5) is 18.1. The third-order valence-electron chi connectivity index (χ3n) is 6.77. The van der Waals surface area contributed by atoms with Crippen LogP contribution in [0.4, 0.5) is 4.39 Å². The minimum Gasteiger partial charge on any atom is -0.493 e. The zero-order valence-electron chi connectivity index (χ0n) is 22.2. The number of ether oxygens (including phenoxy) is 3. The quantitative estimate of drug-likeness (QED) is 0.272. The van der Waals surface area contributed by atoms with Crippen molar-refractivity contribution >= 4 is 27.6 Å². The Morgan fingerprint density at radius 3 is 2.62 bits per heavy atom. The number of benzene rings is 3. The van der Waals surface area contributed by atoms with Crippen molar-refractivity contribution in [1.29, 1.82) is 0 Å². The molecule has 0 radical (unpaired) electrons. The molecule has 5 nitrogen and oxygen atoms in total. The molecule has 6 heteroatoms. The summed E-state index contributed by atoms with van der Waals surface area (Å²) in [7, 11) is 0. The van der Waals surface area contributed by atoms with Crippen molar-refractivity contribution in [3.05, 3.63) is 70.7 Å². The van der Waals surface area contributed by atoms with Crippen LogP contribution in [0.2, 0.25) is 0 Å². The highest BCUT2D eigenvalue weighted by molar-refractivity contribution is 6.09. The van der Waals surface area contributed by atoms with Gasteiger partial charge in [0.15, 0.2) is 6.10 Å². The Balaban J connectivity index is 1.92. The van der Waals surface area contributed by atoms with Crippen molar-refractivity contribution in [3.8, 4) is 16.9 Å². The Hall–Kier alpha value is -3.51. The van der Waals surface area contributed by atoms with Gasteiger partial charge in [-0.25, -0.2) is 9.18 Å². The van der Waals surface area contributed by atoms with E-state index in [1.807, 2.05) is 52.0 Å². The summed E-state index contributed by atoms with van der Waals surface area (Å²) < 4.78 is 33.3. The maximum absolute atomic E-state index is 15.5. The van der Waals surface area contributed by atoms with E-state index in [-0.39, 0.29) is 12.4 Å². The standard InChI is InChI=1S/C31H32FNO4/c1-7-35-30(34)29(37-31(4,5)6)24-18(3)16-22-20(9-8-17(2)27(22)32)26(24)21-10-11-23-25-19(13-15-36-23)12-14-33-28(21)25/h8-12,14,16,29H,7,13,15H2,1-6H3/t29-/m0/s1. The second-order valence-corrected chi connectivity index (χ2v) is 10.5. The molecule has 1 aliphatic heterocycles. The lowest BCUT2D eigenvalue weighted by Crippen LogP contribution is -2.29. The van der Waals surface area contributed by atoms with Gasteiger partial charge in [0.1, 0.15) is 11.6 Å². The molecule has 2 heterocycles. The van der Waals surface area contributed by atoms with Gasteiger partial charge < -0.3 is 14.2 Å². The fourth-order valence-electron chi connectivity index (χ4n) is 5.23. The van der Waals surface area contributed by atoms with E-state index >= 15 is 4.39 Å². The van der Waals surface area contributed by atoms with Crippen LogP contribution in [0.25, 0.3) is 32.8 Å². The van der Waals surface area contributed by atoms with Gasteiger partial charge in [0, 0.05) is 34.5 Å². The van der Waals surface area contributed by atoms with E-state index in [1.165, 1.54) is 0 Å². The van der Waals surface area contributed by atoms with E-state index in [4.69, 9.17) is 19.2 Å². The minimum atomic E-state index is -1.01. The van der Waals surface area contributed by atoms with Crippen LogP contribution < -0.4 is 4.74 Å². The number of aryl methyl sites for hydroxylation is 2. The van der Waals surface area contributed by atoms with Crippen molar-refractivity contribution < 1.29 is 23.4 Å². The first-order valence-corrected chi connectivity index (χ1v) is 12.7. The molecule has 0 saturated heterocycles. The summed E-state index contributed by atoms with van der Waals surface area (Å²) in [5, 5.41) is 2.13. The number of halogens is 1. The minimum absolute atomic E-state index is 0.221. The van der Waals surface area contributed by atoms with E-state index < -0.39 is 17.7 Å². The molecular formula is C31H32FNO4. The maximum atomic E-state index is 15.5. The van der Waals surface area contributed by atoms with Gasteiger partial charge in [0.25, 0.3) is 0 Å². The highest BCUT2D eigenvalue weighted by Crippen LogP contribution is 2.45. The van der Waals surface area contributed by atoms with Crippen LogP contribution in [0.5, 0.6) is 5.75 Å². The van der Waals surface area contributed by atoms with Crippen LogP contribution in [0.1, 0.15) is 56.1 Å². The van der Waals surface area contributed by atoms with Crippen molar-refractivity contribution in [1.82, 2.24) is 4.98 Å². The molecule has 4 aromatic rings. The van der Waals surface area contributed by atoms with Gasteiger partial charge in [-0.15, -0.1) is 0 Å². The molecular weight excluding hydrogens is 469 g/mol. The van der Waals surface area contributed by atoms with Gasteiger partial charge in [-0.2, -0.15) is 0 Å². The van der Waals surface area contributed by atoms with Gasteiger partial charge in [-0.3, -0.25) is 4.98 Å². The lowest BCUT2D eigenvalue weighted by atomic mass is 9.85. The van der Waals surface area contributed by atoms with Crippen LogP contribution in [0.15, 0.2) is 42.6 Å². The molecule has 1 aliphatic rings. The fraction of sp³-hybridized carbons (Fsp3) is 0.355. The fourth-order valence-corrected chi connectivity index (χ4v) is 5.23. The van der Waals surface area contributed by atoms with Crippen molar-refractivity contribution in [3.63, 3.8) is 0 Å². The lowest BCUT2D eigenvalue weighted by Gasteiger charge is -2.30. The summed E-state index contributed by atoms with van der Waals surface area (Å²) in [6.45, 7) is 12.0. The number of pyridine rings is 1. The number of aromatic nitrogens is 1. The third-order valence-corrected chi connectivity index (χ3v) is 6.77. The topological polar surface area (TPSA) is 57.7 Å². The number of hydrogen-bond donors (Lipinski definition) is 0. The van der Waals surface area contributed by atoms with Gasteiger partial charge in [-0.1, -0.05) is 12.1 Å². The third kappa shape index (κ3) is 4.44. The molecule has 5 rings (SSSR count). The van der Waals surface area contributed by atoms with E-state index in [1.54, 1.807) is 32.2 Å². The Morgan fingerprint density at radius 2 is 1.89 bits per heavy atom. The Kier molecular flexibility index (Phi) is 6.40. The summed E-state index contributed by atoms with van der Waals surface area (Å²) in [6.07, 6.45) is 1.57. The molecule has 1 aromatic heterocycles. The number of carbonyl (C=O) groups excluding carboxylic acids is 1. The number of esters is 1. The molecule has 0 aliphatic carbocycles. The Bertz CT molecular complexity index is 1530. The summed E-state index contributed by atoms with van der Waals surface area (Å²) in [5.74, 6) is 0.0195. The zero-order valence-corrected chi connectivity index (χ0v) is 22.2. The second-order valence-electron chi connectivity index (χ2n) is 10.5. The number of nitrogens with zero attached hydrogens (tertiary/aromatic N) is 1. The first kappa shape index (κ1) is 25.2. The molecule has 0 unspecified atom stereocenters. The molecule has 0 amide bonds. The predicted molar refractivity (Wildman–Crippen MR) is 144 cm³/mol. The van der Waals surface area contributed by atoms with Crippen LogP contribution >= 0.6 is 0 Å². The molecule has 3 aromatic carbocycles. The lowest BCUT2D eigenvalue weighted by molar-refractivity contribution is -0.166. The normalized spacial score (nSPS) is 14.0. The van der Waals surface area contributed by atoms with E-state index in [9.17, 15) is 4.79 Å². The van der Waals surface area contributed by atoms with Gasteiger partial charge in [0.2, 0.25) is 0 Å². The Labute approximate surface area is 216 Å². The zero-order chi connectivity index (χ0) is 26.5. The van der Waals surface area contributed by atoms with Gasteiger partial charge in [0.05, 0.1) is 24.3 Å². The predicted octanol–water partition coefficient (Wildman–Crippen LogP) is 7.17. The van der Waals surface area contributed by atoms with Gasteiger partial charge >= 0.3 is 5.97 Å². The summed E-state index contributed by atoms with van der Waals surface area (Å²) in [6, 6.07) is 11.4. The van der Waals surface area contributed by atoms with Crippen LogP contribution in [0.3, 0.4) is 0 Å². The van der Waals surface area contributed by atoms with Gasteiger partial charge in [-0.05, 0) is 93.4 Å². The van der Waals surface area contributed by atoms with Crippen LogP contribution in [-0.2, 0) is 20.7 Å². The first-order valence-electron chi connectivity index (χ1n) is 12.7. The highest BCUT2D eigenvalue weighted by atomic mass is 19.1. The molecule has 37 heavy (non-hydrogen) atoms. The second kappa shape index (κ2) is 9.42. The first-order chi connectivity index (χ1) is 17.6. The monoisotopic (exact) mass is 501 g/mol. The van der Waals surface area contributed by atoms with Crippen molar-refractivity contribution in [2.24, 2.45) is 0 Å². The largest absolute Gasteiger partial charge is 0.493 e. The molecule has 0 N–H and O–H groups in total. The van der Waals surface area contributed by atoms with Crippen molar-refractivity contribution in [2.45, 2.75) is 59.7 Å². The Morgan fingerprint density at radius 1 is 1.11 bits per heavy atom. The number of carbonyl (C=O) groups is 1. The average Bonchev–Trinajstić information content (AvgIpc) is 2.85. The summed E-state index contributed by atoms with van der Waals surface area (Å²) >= 11 is 0. The molecule has 192 valence electrons. The highest BCUT2D eigenvalue weighted by Gasteiger charge is 2.34. The number of hydrogen-bond acceptors (Lipinski definition) is 5. The molecule has 1 atom stereocenters. The number of rotatable bonds is 5. The van der Waals surface area contributed by atoms with Crippen LogP contribution in [0, 0.1) is 19.7 Å². The average molecular weight is 502 g/mol. The number of fused-ring (bicyclic) bond motifs is 1. The van der Waals surface area contributed by atoms with Crippen LogP contribution in [-0.4, -0.2) is 29.8 Å². The van der Waals surface area contributed by atoms with E-state index in [2.05, 4.69) is 0 Å². The summed E-state index contributed by atoms with van der Waals surface area (Å²) in [5.41, 5.74) is 4.74. The van der Waals surface area contributed by atoms with E-state index in [0.717, 1.165) is 45.3 Å². The maximum Gasteiger partial charge on any atom is 0.339 e. The molecule has 0 bridgehead atoms.